The summed E-state index contributed by atoms with van der Waals surface area (Å²) in [6.45, 7) is 0.491. The number of aromatic nitrogens is 2. The van der Waals surface area contributed by atoms with Gasteiger partial charge < -0.3 is 0 Å². The van der Waals surface area contributed by atoms with Crippen molar-refractivity contribution in [2.45, 2.75) is 17.2 Å². The second kappa shape index (κ2) is 7.50. The molecule has 148 valence electrons. The van der Waals surface area contributed by atoms with Gasteiger partial charge in [0.15, 0.2) is 9.84 Å². The minimum Gasteiger partial charge on any atom is -0.280 e. The molecule has 29 heavy (non-hydrogen) atoms. The van der Waals surface area contributed by atoms with Crippen molar-refractivity contribution in [3.8, 4) is 0 Å². The van der Waals surface area contributed by atoms with Crippen LogP contribution in [0.5, 0.6) is 0 Å². The maximum Gasteiger partial charge on any atom is 0.271 e. The number of nitrogens with one attached hydrogen (secondary N) is 1. The zero-order valence-corrected chi connectivity index (χ0v) is 16.7. The summed E-state index contributed by atoms with van der Waals surface area (Å²) in [5.74, 6) is -1.01. The lowest BCUT2D eigenvalue weighted by molar-refractivity contribution is 0.594. The molecule has 0 saturated heterocycles. The van der Waals surface area contributed by atoms with Crippen LogP contribution in [0.15, 0.2) is 76.4 Å². The molecule has 0 fully saturated rings. The molecule has 0 bridgehead atoms. The number of H-pyrrole nitrogens is 1. The largest absolute Gasteiger partial charge is 0.280 e. The molecule has 0 aliphatic carbocycles. The Bertz CT molecular complexity index is 1360. The highest BCUT2D eigenvalue weighted by Crippen LogP contribution is 2.23. The van der Waals surface area contributed by atoms with E-state index < -0.39 is 15.7 Å². The lowest BCUT2D eigenvalue weighted by Crippen LogP contribution is -2.06. The molecule has 0 unspecified atom stereocenters. The number of hydrogen-bond acceptors (Lipinski definition) is 3. The van der Waals surface area contributed by atoms with E-state index >= 15 is 0 Å². The summed E-state index contributed by atoms with van der Waals surface area (Å²) in [7, 11) is -3.75. The fourth-order valence-electron chi connectivity index (χ4n) is 3.20. The first kappa shape index (κ1) is 19.4. The third-order valence-corrected chi connectivity index (χ3v) is 6.60. The SMILES string of the molecule is O=c1[nH]n(Cc2ccccc2)c2ccc(CS(=O)(=O)c3ccc(F)c(Cl)c3)cc12. The van der Waals surface area contributed by atoms with Gasteiger partial charge in [-0.15, -0.1) is 0 Å². The van der Waals surface area contributed by atoms with Gasteiger partial charge in [0.05, 0.1) is 33.1 Å². The third kappa shape index (κ3) is 3.97. The Morgan fingerprint density at radius 3 is 2.45 bits per heavy atom. The summed E-state index contributed by atoms with van der Waals surface area (Å²) in [5, 5.41) is 2.94. The van der Waals surface area contributed by atoms with Crippen LogP contribution in [-0.4, -0.2) is 18.2 Å². The molecular weight excluding hydrogens is 415 g/mol. The number of fused-ring (bicyclic) bond motifs is 1. The van der Waals surface area contributed by atoms with Crippen LogP contribution in [0.1, 0.15) is 11.1 Å². The fourth-order valence-corrected chi connectivity index (χ4v) is 4.80. The highest BCUT2D eigenvalue weighted by atomic mass is 35.5. The smallest absolute Gasteiger partial charge is 0.271 e. The number of halogens is 2. The van der Waals surface area contributed by atoms with E-state index in [0.717, 1.165) is 17.7 Å². The molecule has 0 saturated carbocycles. The molecule has 1 aromatic heterocycles. The Kier molecular flexibility index (Phi) is 5.02. The van der Waals surface area contributed by atoms with E-state index in [1.54, 1.807) is 22.9 Å². The number of nitrogens with zero attached hydrogens (tertiary/aromatic N) is 1. The Hall–Kier alpha value is -2.90. The Balaban J connectivity index is 1.66. The van der Waals surface area contributed by atoms with E-state index in [2.05, 4.69) is 5.10 Å². The fraction of sp³-hybridized carbons (Fsp3) is 0.0952. The third-order valence-electron chi connectivity index (χ3n) is 4.62. The van der Waals surface area contributed by atoms with Crippen molar-refractivity contribution in [3.63, 3.8) is 0 Å². The number of rotatable bonds is 5. The number of sulfone groups is 1. The van der Waals surface area contributed by atoms with E-state index in [4.69, 9.17) is 11.6 Å². The van der Waals surface area contributed by atoms with Crippen LogP contribution in [-0.2, 0) is 22.1 Å². The van der Waals surface area contributed by atoms with Gasteiger partial charge in [-0.1, -0.05) is 48.0 Å². The van der Waals surface area contributed by atoms with Gasteiger partial charge in [-0.05, 0) is 41.5 Å². The van der Waals surface area contributed by atoms with Crippen molar-refractivity contribution in [1.82, 2.24) is 9.78 Å². The summed E-state index contributed by atoms with van der Waals surface area (Å²) in [5.41, 5.74) is 1.88. The molecule has 0 radical (unpaired) electrons. The molecular formula is C21H16ClFN2O3S. The van der Waals surface area contributed by atoms with Gasteiger partial charge in [0.2, 0.25) is 0 Å². The van der Waals surface area contributed by atoms with Gasteiger partial charge in [0.25, 0.3) is 5.56 Å². The second-order valence-electron chi connectivity index (χ2n) is 6.70. The Morgan fingerprint density at radius 1 is 0.966 bits per heavy atom. The Labute approximate surface area is 171 Å². The van der Waals surface area contributed by atoms with Crippen molar-refractivity contribution in [2.75, 3.05) is 0 Å². The van der Waals surface area contributed by atoms with Crippen molar-refractivity contribution in [1.29, 1.82) is 0 Å². The Morgan fingerprint density at radius 2 is 1.72 bits per heavy atom. The van der Waals surface area contributed by atoms with Gasteiger partial charge in [0, 0.05) is 0 Å². The van der Waals surface area contributed by atoms with Crippen LogP contribution in [0.4, 0.5) is 4.39 Å². The maximum atomic E-state index is 13.3. The number of aromatic amines is 1. The van der Waals surface area contributed by atoms with Crippen molar-refractivity contribution in [2.24, 2.45) is 0 Å². The van der Waals surface area contributed by atoms with Crippen LogP contribution in [0.2, 0.25) is 5.02 Å². The second-order valence-corrected chi connectivity index (χ2v) is 9.10. The molecule has 4 rings (SSSR count). The van der Waals surface area contributed by atoms with Crippen LogP contribution >= 0.6 is 11.6 Å². The molecule has 0 aliphatic rings. The zero-order chi connectivity index (χ0) is 20.6. The first-order valence-corrected chi connectivity index (χ1v) is 10.8. The lowest BCUT2D eigenvalue weighted by atomic mass is 10.2. The summed E-state index contributed by atoms with van der Waals surface area (Å²) < 4.78 is 40.4. The summed E-state index contributed by atoms with van der Waals surface area (Å²) >= 11 is 5.70. The molecule has 0 amide bonds. The monoisotopic (exact) mass is 430 g/mol. The molecule has 4 aromatic rings. The summed E-state index contributed by atoms with van der Waals surface area (Å²) in [6.07, 6.45) is 0. The van der Waals surface area contributed by atoms with Gasteiger partial charge >= 0.3 is 0 Å². The minimum absolute atomic E-state index is 0.0699. The van der Waals surface area contributed by atoms with Crippen molar-refractivity contribution >= 4 is 32.3 Å². The van der Waals surface area contributed by atoms with Gasteiger partial charge in [-0.2, -0.15) is 0 Å². The molecule has 3 aromatic carbocycles. The van der Waals surface area contributed by atoms with E-state index in [9.17, 15) is 17.6 Å². The summed E-state index contributed by atoms with van der Waals surface area (Å²) in [6, 6.07) is 17.9. The zero-order valence-electron chi connectivity index (χ0n) is 15.1. The highest BCUT2D eigenvalue weighted by molar-refractivity contribution is 7.90. The average molecular weight is 431 g/mol. The first-order chi connectivity index (χ1) is 13.8. The molecule has 5 nitrogen and oxygen atoms in total. The van der Waals surface area contributed by atoms with Gasteiger partial charge in [-0.3, -0.25) is 14.6 Å². The molecule has 0 aliphatic heterocycles. The van der Waals surface area contributed by atoms with Crippen molar-refractivity contribution < 1.29 is 12.8 Å². The lowest BCUT2D eigenvalue weighted by Gasteiger charge is -2.07. The van der Waals surface area contributed by atoms with Gasteiger partial charge in [0.1, 0.15) is 5.82 Å². The van der Waals surface area contributed by atoms with Crippen LogP contribution in [0.25, 0.3) is 10.9 Å². The number of benzene rings is 3. The van der Waals surface area contributed by atoms with Crippen LogP contribution in [0.3, 0.4) is 0 Å². The maximum absolute atomic E-state index is 13.3. The highest BCUT2D eigenvalue weighted by Gasteiger charge is 2.18. The minimum atomic E-state index is -3.75. The predicted molar refractivity (Wildman–Crippen MR) is 110 cm³/mol. The van der Waals surface area contributed by atoms with Crippen molar-refractivity contribution in [3.05, 3.63) is 99.1 Å². The van der Waals surface area contributed by atoms with E-state index in [1.807, 2.05) is 30.3 Å². The van der Waals surface area contributed by atoms with Crippen LogP contribution in [0, 0.1) is 5.82 Å². The first-order valence-electron chi connectivity index (χ1n) is 8.77. The molecule has 0 atom stereocenters. The normalized spacial score (nSPS) is 11.8. The van der Waals surface area contributed by atoms with Crippen LogP contribution < -0.4 is 5.56 Å². The molecule has 0 spiro atoms. The number of hydrogen-bond donors (Lipinski definition) is 1. The van der Waals surface area contributed by atoms with E-state index in [-0.39, 0.29) is 21.2 Å². The summed E-state index contributed by atoms with van der Waals surface area (Å²) in [4.78, 5) is 12.3. The van der Waals surface area contributed by atoms with E-state index in [1.165, 1.54) is 6.07 Å². The molecule has 1 heterocycles. The molecule has 1 N–H and O–H groups in total. The molecule has 8 heteroatoms. The standard InChI is InChI=1S/C21H16ClFN2O3S/c22-18-11-16(7-8-19(18)23)29(27,28)13-15-6-9-20-17(10-15)21(26)24-25(20)12-14-4-2-1-3-5-14/h1-11H,12-13H2,(H,24,26). The predicted octanol–water partition coefficient (Wildman–Crippen LogP) is 4.14. The quantitative estimate of drug-likeness (QED) is 0.483. The van der Waals surface area contributed by atoms with Gasteiger partial charge in [-0.25, -0.2) is 12.8 Å². The average Bonchev–Trinajstić information content (AvgIpc) is 2.99. The topological polar surface area (TPSA) is 71.9 Å². The van der Waals surface area contributed by atoms with E-state index in [0.29, 0.717) is 23.0 Å².